The smallest absolute Gasteiger partial charge is 0.175 e. The highest BCUT2D eigenvalue weighted by Gasteiger charge is 2.37. The number of thiocarbonyl (C=S) groups is 2. The highest BCUT2D eigenvalue weighted by Crippen LogP contribution is 2.38. The quantitative estimate of drug-likeness (QED) is 0.245. The Kier molecular flexibility index (Phi) is 7.22. The number of anilines is 3. The minimum Gasteiger partial charge on any atom is -0.482 e. The van der Waals surface area contributed by atoms with Crippen LogP contribution in [0.15, 0.2) is 60.7 Å². The number of hydrogen-bond donors (Lipinski definition) is 3. The topological polar surface area (TPSA) is 48.6 Å². The molecule has 0 aliphatic carbocycles. The molecule has 2 aliphatic heterocycles. The standard InChI is InChI=1S/C27H22F4N4OS2/c28-18-3-1-4-19(29)23(18)33-25(37)32-17-7-8-22-16(15-17)9-10-27(36-22)11-13-35(14-12-27)26(38)34-24-20(30)5-2-6-21(24)31/h1-10,15H,11-14H2,(H,34,38)(H2,32,33,37). The number of hydrogen-bond acceptors (Lipinski definition) is 3. The summed E-state index contributed by atoms with van der Waals surface area (Å²) in [6.07, 6.45) is 5.19. The van der Waals surface area contributed by atoms with Crippen molar-refractivity contribution in [3.63, 3.8) is 0 Å². The summed E-state index contributed by atoms with van der Waals surface area (Å²) in [5.74, 6) is -2.23. The fourth-order valence-corrected chi connectivity index (χ4v) is 4.90. The number of benzene rings is 3. The lowest BCUT2D eigenvalue weighted by Gasteiger charge is -2.42. The molecule has 0 unspecified atom stereocenters. The van der Waals surface area contributed by atoms with Gasteiger partial charge in [0.25, 0.3) is 0 Å². The Balaban J connectivity index is 1.19. The van der Waals surface area contributed by atoms with E-state index in [0.717, 1.165) is 17.7 Å². The van der Waals surface area contributed by atoms with Crippen LogP contribution in [0.25, 0.3) is 6.08 Å². The van der Waals surface area contributed by atoms with Crippen LogP contribution >= 0.6 is 24.4 Å². The van der Waals surface area contributed by atoms with Crippen molar-refractivity contribution in [1.29, 1.82) is 0 Å². The van der Waals surface area contributed by atoms with Crippen LogP contribution in [0.1, 0.15) is 18.4 Å². The summed E-state index contributed by atoms with van der Waals surface area (Å²) in [5, 5.41) is 8.45. The molecule has 3 N–H and O–H groups in total. The summed E-state index contributed by atoms with van der Waals surface area (Å²) in [7, 11) is 0. The van der Waals surface area contributed by atoms with Gasteiger partial charge in [-0.25, -0.2) is 17.6 Å². The average Bonchev–Trinajstić information content (AvgIpc) is 2.89. The average molecular weight is 559 g/mol. The van der Waals surface area contributed by atoms with E-state index in [2.05, 4.69) is 16.0 Å². The zero-order valence-corrected chi connectivity index (χ0v) is 21.5. The summed E-state index contributed by atoms with van der Waals surface area (Å²) in [6.45, 7) is 1.07. The Morgan fingerprint density at radius 3 is 1.97 bits per heavy atom. The Labute approximate surface area is 227 Å². The third kappa shape index (κ3) is 5.44. The number of nitrogens with zero attached hydrogens (tertiary/aromatic N) is 1. The molecule has 0 aromatic heterocycles. The van der Waals surface area contributed by atoms with Crippen molar-refractivity contribution in [2.24, 2.45) is 0 Å². The highest BCUT2D eigenvalue weighted by molar-refractivity contribution is 7.80. The third-order valence-electron chi connectivity index (χ3n) is 6.44. The van der Waals surface area contributed by atoms with Crippen molar-refractivity contribution < 1.29 is 22.3 Å². The molecule has 2 heterocycles. The maximum absolute atomic E-state index is 14.0. The number of halogens is 4. The zero-order valence-electron chi connectivity index (χ0n) is 19.9. The van der Waals surface area contributed by atoms with E-state index < -0.39 is 28.9 Å². The molecule has 0 amide bonds. The van der Waals surface area contributed by atoms with Gasteiger partial charge in [-0.05, 0) is 73.0 Å². The molecular formula is C27H22F4N4OS2. The first kappa shape index (κ1) is 25.9. The van der Waals surface area contributed by atoms with Gasteiger partial charge in [0.05, 0.1) is 0 Å². The molecule has 3 aromatic rings. The Morgan fingerprint density at radius 2 is 1.37 bits per heavy atom. The Hall–Kier alpha value is -3.70. The van der Waals surface area contributed by atoms with E-state index in [1.54, 1.807) is 12.1 Å². The van der Waals surface area contributed by atoms with Crippen LogP contribution in [0.4, 0.5) is 34.6 Å². The van der Waals surface area contributed by atoms with Gasteiger partial charge in [0.1, 0.15) is 46.0 Å². The van der Waals surface area contributed by atoms with Crippen LogP contribution in [0, 0.1) is 23.3 Å². The molecule has 11 heteroatoms. The second-order valence-electron chi connectivity index (χ2n) is 8.94. The monoisotopic (exact) mass is 558 g/mol. The van der Waals surface area contributed by atoms with Gasteiger partial charge in [0.15, 0.2) is 10.2 Å². The fourth-order valence-electron chi connectivity index (χ4n) is 4.40. The second kappa shape index (κ2) is 10.6. The van der Waals surface area contributed by atoms with Crippen molar-refractivity contribution in [1.82, 2.24) is 4.90 Å². The summed E-state index contributed by atoms with van der Waals surface area (Å²) < 4.78 is 62.1. The van der Waals surface area contributed by atoms with Gasteiger partial charge >= 0.3 is 0 Å². The lowest BCUT2D eigenvalue weighted by Crippen LogP contribution is -2.50. The third-order valence-corrected chi connectivity index (χ3v) is 7.00. The second-order valence-corrected chi connectivity index (χ2v) is 9.74. The van der Waals surface area contributed by atoms with Gasteiger partial charge in [-0.15, -0.1) is 0 Å². The van der Waals surface area contributed by atoms with Gasteiger partial charge in [-0.1, -0.05) is 18.2 Å². The van der Waals surface area contributed by atoms with Gasteiger partial charge in [0, 0.05) is 37.2 Å². The van der Waals surface area contributed by atoms with Crippen molar-refractivity contribution in [2.45, 2.75) is 18.4 Å². The number of rotatable bonds is 3. The normalized spacial score (nSPS) is 15.4. The zero-order chi connectivity index (χ0) is 26.9. The van der Waals surface area contributed by atoms with Crippen LogP contribution in [0.5, 0.6) is 5.75 Å². The van der Waals surface area contributed by atoms with Crippen LogP contribution < -0.4 is 20.7 Å². The molecule has 5 nitrogen and oxygen atoms in total. The van der Waals surface area contributed by atoms with Gasteiger partial charge < -0.3 is 25.6 Å². The summed E-state index contributed by atoms with van der Waals surface area (Å²) in [5.41, 5.74) is 0.312. The first-order valence-corrected chi connectivity index (χ1v) is 12.6. The van der Waals surface area contributed by atoms with Crippen molar-refractivity contribution in [2.75, 3.05) is 29.0 Å². The number of ether oxygens (including phenoxy) is 1. The van der Waals surface area contributed by atoms with Crippen molar-refractivity contribution in [3.8, 4) is 5.75 Å². The predicted octanol–water partition coefficient (Wildman–Crippen LogP) is 6.69. The molecule has 0 radical (unpaired) electrons. The number of nitrogens with one attached hydrogen (secondary N) is 3. The van der Waals surface area contributed by atoms with E-state index in [4.69, 9.17) is 29.2 Å². The van der Waals surface area contributed by atoms with Gasteiger partial charge in [-0.3, -0.25) is 0 Å². The molecule has 38 heavy (non-hydrogen) atoms. The minimum absolute atomic E-state index is 0.0401. The Bertz CT molecular complexity index is 1400. The number of para-hydroxylation sites is 2. The van der Waals surface area contributed by atoms with Crippen molar-refractivity contribution >= 4 is 57.8 Å². The minimum atomic E-state index is -0.747. The molecular weight excluding hydrogens is 536 g/mol. The molecule has 3 aromatic carbocycles. The summed E-state index contributed by atoms with van der Waals surface area (Å²) in [4.78, 5) is 1.86. The number of likely N-dealkylation sites (tertiary alicyclic amines) is 1. The van der Waals surface area contributed by atoms with Crippen molar-refractivity contribution in [3.05, 3.63) is 89.5 Å². The van der Waals surface area contributed by atoms with E-state index in [1.807, 2.05) is 23.1 Å². The van der Waals surface area contributed by atoms with Crippen LogP contribution in [-0.2, 0) is 0 Å². The van der Waals surface area contributed by atoms with Gasteiger partial charge in [-0.2, -0.15) is 0 Å². The lowest BCUT2D eigenvalue weighted by atomic mass is 9.88. The van der Waals surface area contributed by atoms with Crippen LogP contribution in [0.3, 0.4) is 0 Å². The largest absolute Gasteiger partial charge is 0.482 e. The number of piperidine rings is 1. The number of fused-ring (bicyclic) bond motifs is 1. The highest BCUT2D eigenvalue weighted by atomic mass is 32.1. The molecule has 1 fully saturated rings. The fraction of sp³-hybridized carbons (Fsp3) is 0.185. The van der Waals surface area contributed by atoms with E-state index in [9.17, 15) is 17.6 Å². The molecule has 0 atom stereocenters. The Morgan fingerprint density at radius 1 is 0.789 bits per heavy atom. The lowest BCUT2D eigenvalue weighted by molar-refractivity contribution is 0.0594. The van der Waals surface area contributed by atoms with E-state index in [1.165, 1.54) is 24.3 Å². The van der Waals surface area contributed by atoms with E-state index in [-0.39, 0.29) is 21.6 Å². The summed E-state index contributed by atoms with van der Waals surface area (Å²) in [6, 6.07) is 12.6. The molecule has 0 bridgehead atoms. The summed E-state index contributed by atoms with van der Waals surface area (Å²) >= 11 is 10.6. The van der Waals surface area contributed by atoms with Gasteiger partial charge in [0.2, 0.25) is 0 Å². The maximum Gasteiger partial charge on any atom is 0.175 e. The maximum atomic E-state index is 14.0. The van der Waals surface area contributed by atoms with E-state index in [0.29, 0.717) is 37.4 Å². The molecule has 1 saturated heterocycles. The molecule has 2 aliphatic rings. The van der Waals surface area contributed by atoms with Crippen LogP contribution in [-0.4, -0.2) is 33.8 Å². The molecule has 1 spiro atoms. The SMILES string of the molecule is Fc1cccc(F)c1NC(=S)Nc1ccc2c(c1)C=CC1(CCN(C(=S)Nc3c(F)cccc3F)CC1)O2. The van der Waals surface area contributed by atoms with E-state index >= 15 is 0 Å². The molecule has 5 rings (SSSR count). The predicted molar refractivity (Wildman–Crippen MR) is 148 cm³/mol. The molecule has 196 valence electrons. The first-order chi connectivity index (χ1) is 18.2. The molecule has 0 saturated carbocycles. The first-order valence-electron chi connectivity index (χ1n) is 11.8. The van der Waals surface area contributed by atoms with Crippen LogP contribution in [0.2, 0.25) is 0 Å².